The van der Waals surface area contributed by atoms with Crippen LogP contribution < -0.4 is 16.0 Å². The highest BCUT2D eigenvalue weighted by Gasteiger charge is 2.24. The SMILES string of the molecule is CCNCc1ccc(N2CCC(C(N)=O)CC2)c(Cl)c1. The van der Waals surface area contributed by atoms with E-state index in [1.54, 1.807) is 0 Å². The summed E-state index contributed by atoms with van der Waals surface area (Å²) in [5, 5.41) is 4.06. The lowest BCUT2D eigenvalue weighted by atomic mass is 9.96. The van der Waals surface area contributed by atoms with Crippen LogP contribution in [0, 0.1) is 5.92 Å². The molecule has 0 radical (unpaired) electrons. The number of piperidine rings is 1. The van der Waals surface area contributed by atoms with Gasteiger partial charge in [-0.05, 0) is 37.1 Å². The highest BCUT2D eigenvalue weighted by Crippen LogP contribution is 2.30. The molecule has 0 aromatic heterocycles. The summed E-state index contributed by atoms with van der Waals surface area (Å²) in [6, 6.07) is 6.18. The number of carbonyl (C=O) groups excluding carboxylic acids is 1. The van der Waals surface area contributed by atoms with Gasteiger partial charge in [-0.25, -0.2) is 0 Å². The Morgan fingerprint density at radius 2 is 2.15 bits per heavy atom. The molecule has 1 aromatic carbocycles. The van der Waals surface area contributed by atoms with Crippen molar-refractivity contribution < 1.29 is 4.79 Å². The van der Waals surface area contributed by atoms with E-state index in [2.05, 4.69) is 29.3 Å². The lowest BCUT2D eigenvalue weighted by Crippen LogP contribution is -2.38. The summed E-state index contributed by atoms with van der Waals surface area (Å²) in [6.45, 7) is 5.53. The van der Waals surface area contributed by atoms with Gasteiger partial charge in [0.25, 0.3) is 0 Å². The first-order valence-corrected chi connectivity index (χ1v) is 7.53. The molecule has 20 heavy (non-hydrogen) atoms. The lowest BCUT2D eigenvalue weighted by molar-refractivity contribution is -0.122. The van der Waals surface area contributed by atoms with Crippen LogP contribution in [0.4, 0.5) is 5.69 Å². The monoisotopic (exact) mass is 295 g/mol. The third kappa shape index (κ3) is 3.64. The molecule has 1 saturated heterocycles. The molecule has 1 heterocycles. The van der Waals surface area contributed by atoms with Crippen LogP contribution in [-0.2, 0) is 11.3 Å². The second-order valence-corrected chi connectivity index (χ2v) is 5.64. The molecule has 1 amide bonds. The first kappa shape index (κ1) is 15.1. The standard InChI is InChI=1S/C15H22ClN3O/c1-2-18-10-11-3-4-14(13(16)9-11)19-7-5-12(6-8-19)15(17)20/h3-4,9,12,18H,2,5-8,10H2,1H3,(H2,17,20). The Morgan fingerprint density at radius 1 is 1.45 bits per heavy atom. The zero-order valence-corrected chi connectivity index (χ0v) is 12.6. The van der Waals surface area contributed by atoms with Crippen molar-refractivity contribution in [3.05, 3.63) is 28.8 Å². The Morgan fingerprint density at radius 3 is 2.70 bits per heavy atom. The van der Waals surface area contributed by atoms with E-state index in [9.17, 15) is 4.79 Å². The van der Waals surface area contributed by atoms with Crippen molar-refractivity contribution in [2.45, 2.75) is 26.3 Å². The average molecular weight is 296 g/mol. The molecule has 0 aliphatic carbocycles. The van der Waals surface area contributed by atoms with E-state index in [-0.39, 0.29) is 11.8 Å². The van der Waals surface area contributed by atoms with Gasteiger partial charge in [-0.15, -0.1) is 0 Å². The summed E-state index contributed by atoms with van der Waals surface area (Å²) >= 11 is 6.38. The molecule has 3 N–H and O–H groups in total. The first-order valence-electron chi connectivity index (χ1n) is 7.15. The number of hydrogen-bond acceptors (Lipinski definition) is 3. The Hall–Kier alpha value is -1.26. The summed E-state index contributed by atoms with van der Waals surface area (Å²) in [4.78, 5) is 13.4. The molecule has 1 aliphatic rings. The van der Waals surface area contributed by atoms with Crippen LogP contribution in [0.2, 0.25) is 5.02 Å². The van der Waals surface area contributed by atoms with E-state index in [4.69, 9.17) is 17.3 Å². The van der Waals surface area contributed by atoms with E-state index in [0.29, 0.717) is 0 Å². The molecule has 0 atom stereocenters. The molecular weight excluding hydrogens is 274 g/mol. The van der Waals surface area contributed by atoms with Crippen molar-refractivity contribution in [2.75, 3.05) is 24.5 Å². The van der Waals surface area contributed by atoms with Gasteiger partial charge in [0.2, 0.25) is 5.91 Å². The van der Waals surface area contributed by atoms with Crippen LogP contribution in [0.1, 0.15) is 25.3 Å². The lowest BCUT2D eigenvalue weighted by Gasteiger charge is -2.33. The minimum Gasteiger partial charge on any atom is -0.370 e. The van der Waals surface area contributed by atoms with Gasteiger partial charge in [-0.3, -0.25) is 4.79 Å². The van der Waals surface area contributed by atoms with Crippen molar-refractivity contribution in [2.24, 2.45) is 11.7 Å². The number of halogens is 1. The summed E-state index contributed by atoms with van der Waals surface area (Å²) in [5.74, 6) is -0.171. The van der Waals surface area contributed by atoms with E-state index >= 15 is 0 Å². The molecule has 1 aliphatic heterocycles. The zero-order valence-electron chi connectivity index (χ0n) is 11.9. The summed E-state index contributed by atoms with van der Waals surface area (Å²) in [6.07, 6.45) is 1.62. The Labute approximate surface area is 125 Å². The van der Waals surface area contributed by atoms with E-state index < -0.39 is 0 Å². The predicted octanol–water partition coefficient (Wildman–Crippen LogP) is 2.15. The highest BCUT2D eigenvalue weighted by molar-refractivity contribution is 6.33. The van der Waals surface area contributed by atoms with Gasteiger partial charge in [0.05, 0.1) is 10.7 Å². The number of benzene rings is 1. The van der Waals surface area contributed by atoms with E-state index in [0.717, 1.165) is 49.7 Å². The van der Waals surface area contributed by atoms with Crippen LogP contribution in [0.3, 0.4) is 0 Å². The van der Waals surface area contributed by atoms with Crippen molar-refractivity contribution in [1.82, 2.24) is 5.32 Å². The Balaban J connectivity index is 2.01. The Bertz CT molecular complexity index is 470. The van der Waals surface area contributed by atoms with Gasteiger partial charge in [-0.2, -0.15) is 0 Å². The van der Waals surface area contributed by atoms with Gasteiger partial charge < -0.3 is 16.0 Å². The summed E-state index contributed by atoms with van der Waals surface area (Å²) in [5.41, 5.74) is 7.60. The minimum atomic E-state index is -0.184. The minimum absolute atomic E-state index is 0.0121. The molecule has 0 bridgehead atoms. The average Bonchev–Trinajstić information content (AvgIpc) is 2.45. The number of nitrogens with two attached hydrogens (primary N) is 1. The van der Waals surface area contributed by atoms with Crippen molar-refractivity contribution in [1.29, 1.82) is 0 Å². The zero-order chi connectivity index (χ0) is 14.5. The number of rotatable bonds is 5. The molecule has 4 nitrogen and oxygen atoms in total. The molecule has 5 heteroatoms. The number of primary amides is 1. The third-order valence-corrected chi connectivity index (χ3v) is 4.13. The van der Waals surface area contributed by atoms with E-state index in [1.165, 1.54) is 5.56 Å². The maximum absolute atomic E-state index is 11.2. The van der Waals surface area contributed by atoms with Gasteiger partial charge in [0, 0.05) is 25.6 Å². The summed E-state index contributed by atoms with van der Waals surface area (Å²) < 4.78 is 0. The molecule has 2 rings (SSSR count). The van der Waals surface area contributed by atoms with Crippen LogP contribution in [-0.4, -0.2) is 25.5 Å². The quantitative estimate of drug-likeness (QED) is 0.875. The van der Waals surface area contributed by atoms with Gasteiger partial charge in [0.15, 0.2) is 0 Å². The summed E-state index contributed by atoms with van der Waals surface area (Å²) in [7, 11) is 0. The molecule has 0 spiro atoms. The number of amides is 1. The second kappa shape index (κ2) is 6.95. The van der Waals surface area contributed by atoms with Crippen molar-refractivity contribution in [3.63, 3.8) is 0 Å². The second-order valence-electron chi connectivity index (χ2n) is 5.23. The fourth-order valence-electron chi connectivity index (χ4n) is 2.59. The first-order chi connectivity index (χ1) is 9.61. The highest BCUT2D eigenvalue weighted by atomic mass is 35.5. The van der Waals surface area contributed by atoms with Crippen LogP contribution in [0.25, 0.3) is 0 Å². The molecule has 110 valence electrons. The molecular formula is C15H22ClN3O. The van der Waals surface area contributed by atoms with Crippen LogP contribution in [0.5, 0.6) is 0 Å². The van der Waals surface area contributed by atoms with Crippen molar-refractivity contribution in [3.8, 4) is 0 Å². The Kier molecular flexibility index (Phi) is 5.26. The number of carbonyl (C=O) groups is 1. The fourth-order valence-corrected chi connectivity index (χ4v) is 2.91. The number of nitrogens with zero attached hydrogens (tertiary/aromatic N) is 1. The number of nitrogens with one attached hydrogen (secondary N) is 1. The van der Waals surface area contributed by atoms with Crippen LogP contribution in [0.15, 0.2) is 18.2 Å². The van der Waals surface area contributed by atoms with Gasteiger partial charge >= 0.3 is 0 Å². The van der Waals surface area contributed by atoms with Gasteiger partial charge in [0.1, 0.15) is 0 Å². The normalized spacial score (nSPS) is 16.4. The molecule has 0 unspecified atom stereocenters. The maximum atomic E-state index is 11.2. The third-order valence-electron chi connectivity index (χ3n) is 3.83. The molecule has 1 aromatic rings. The van der Waals surface area contributed by atoms with Crippen molar-refractivity contribution >= 4 is 23.2 Å². The maximum Gasteiger partial charge on any atom is 0.220 e. The largest absolute Gasteiger partial charge is 0.370 e. The van der Waals surface area contributed by atoms with E-state index in [1.807, 2.05) is 6.07 Å². The van der Waals surface area contributed by atoms with Gasteiger partial charge in [-0.1, -0.05) is 24.6 Å². The van der Waals surface area contributed by atoms with Crippen LogP contribution >= 0.6 is 11.6 Å². The predicted molar refractivity (Wildman–Crippen MR) is 83.0 cm³/mol. The topological polar surface area (TPSA) is 58.4 Å². The number of anilines is 1. The molecule has 0 saturated carbocycles. The number of hydrogen-bond donors (Lipinski definition) is 2. The molecule has 1 fully saturated rings. The smallest absolute Gasteiger partial charge is 0.220 e. The fraction of sp³-hybridized carbons (Fsp3) is 0.533.